The van der Waals surface area contributed by atoms with Crippen molar-refractivity contribution in [3.63, 3.8) is 0 Å². The van der Waals surface area contributed by atoms with E-state index >= 15 is 0 Å². The summed E-state index contributed by atoms with van der Waals surface area (Å²) in [5.41, 5.74) is 10.3. The Morgan fingerprint density at radius 2 is 1.55 bits per heavy atom. The Morgan fingerprint density at radius 3 is 2.26 bits per heavy atom. The molecule has 2 N–H and O–H groups in total. The highest BCUT2D eigenvalue weighted by atomic mass is 15.0. The lowest BCUT2D eigenvalue weighted by atomic mass is 9.67. The number of unbranched alkanes of at least 4 members (excludes halogenated alkanes) is 3. The van der Waals surface area contributed by atoms with Gasteiger partial charge in [-0.3, -0.25) is 0 Å². The average molecular weight is 419 g/mol. The summed E-state index contributed by atoms with van der Waals surface area (Å²) in [6, 6.07) is 13.8. The van der Waals surface area contributed by atoms with Gasteiger partial charge in [0.15, 0.2) is 0 Å². The van der Waals surface area contributed by atoms with E-state index in [-0.39, 0.29) is 11.0 Å². The highest BCUT2D eigenvalue weighted by Gasteiger charge is 2.40. The monoisotopic (exact) mass is 418 g/mol. The fourth-order valence-corrected chi connectivity index (χ4v) is 4.79. The molecular formula is C29H42N2. The molecule has 1 aliphatic rings. The van der Waals surface area contributed by atoms with Gasteiger partial charge in [-0.15, -0.1) is 0 Å². The molecule has 3 rings (SSSR count). The Morgan fingerprint density at radius 1 is 0.806 bits per heavy atom. The number of aryl methyl sites for hydroxylation is 1. The minimum Gasteiger partial charge on any atom is -0.381 e. The minimum absolute atomic E-state index is 0.0447. The maximum atomic E-state index is 3.83. The van der Waals surface area contributed by atoms with E-state index in [1.165, 1.54) is 70.6 Å². The highest BCUT2D eigenvalue weighted by Crippen LogP contribution is 2.42. The number of rotatable bonds is 5. The molecule has 2 bridgehead atoms. The summed E-state index contributed by atoms with van der Waals surface area (Å²) in [6.45, 7) is 18.3. The van der Waals surface area contributed by atoms with Gasteiger partial charge in [-0.05, 0) is 81.8 Å². The average Bonchev–Trinajstić information content (AvgIpc) is 2.71. The van der Waals surface area contributed by atoms with Crippen LogP contribution in [0.1, 0.15) is 90.8 Å². The highest BCUT2D eigenvalue weighted by molar-refractivity contribution is 5.82. The Hall–Kier alpha value is -2.22. The molecule has 0 saturated carbocycles. The molecule has 0 aliphatic carbocycles. The van der Waals surface area contributed by atoms with Crippen molar-refractivity contribution < 1.29 is 0 Å². The van der Waals surface area contributed by atoms with Crippen molar-refractivity contribution in [2.24, 2.45) is 0 Å². The van der Waals surface area contributed by atoms with E-state index in [4.69, 9.17) is 0 Å². The minimum atomic E-state index is -0.107. The van der Waals surface area contributed by atoms with Gasteiger partial charge in [0.05, 0.1) is 0 Å². The van der Waals surface area contributed by atoms with Gasteiger partial charge in [-0.25, -0.2) is 0 Å². The molecule has 168 valence electrons. The molecule has 0 spiro atoms. The van der Waals surface area contributed by atoms with Crippen LogP contribution in [0.25, 0.3) is 11.1 Å². The van der Waals surface area contributed by atoms with E-state index in [9.17, 15) is 0 Å². The van der Waals surface area contributed by atoms with Crippen LogP contribution >= 0.6 is 0 Å². The van der Waals surface area contributed by atoms with E-state index in [1.807, 2.05) is 0 Å². The Labute approximate surface area is 190 Å². The second kappa shape index (κ2) is 9.10. The summed E-state index contributed by atoms with van der Waals surface area (Å²) in [4.78, 5) is 0. The van der Waals surface area contributed by atoms with Crippen molar-refractivity contribution in [2.75, 3.05) is 5.32 Å². The van der Waals surface area contributed by atoms with Crippen LogP contribution in [0, 0.1) is 6.92 Å². The molecule has 0 unspecified atom stereocenters. The smallest absolute Gasteiger partial charge is 0.0462 e. The second-order valence-electron chi connectivity index (χ2n) is 10.4. The first-order valence-electron chi connectivity index (χ1n) is 12.0. The van der Waals surface area contributed by atoms with Crippen LogP contribution in [0.4, 0.5) is 5.69 Å². The zero-order valence-electron chi connectivity index (χ0n) is 21.0. The molecule has 2 aromatic rings. The second-order valence-corrected chi connectivity index (χ2v) is 10.4. The molecule has 0 radical (unpaired) electrons. The van der Waals surface area contributed by atoms with Gasteiger partial charge in [0.25, 0.3) is 0 Å². The number of benzene rings is 2. The van der Waals surface area contributed by atoms with Gasteiger partial charge >= 0.3 is 0 Å². The van der Waals surface area contributed by atoms with Crippen molar-refractivity contribution in [2.45, 2.75) is 98.4 Å². The molecule has 2 aromatic carbocycles. The van der Waals surface area contributed by atoms with Crippen molar-refractivity contribution in [1.82, 2.24) is 5.32 Å². The number of anilines is 1. The molecule has 31 heavy (non-hydrogen) atoms. The van der Waals surface area contributed by atoms with Crippen LogP contribution in [0.5, 0.6) is 0 Å². The van der Waals surface area contributed by atoms with Crippen molar-refractivity contribution in [1.29, 1.82) is 0 Å². The van der Waals surface area contributed by atoms with E-state index in [2.05, 4.69) is 102 Å². The maximum absolute atomic E-state index is 3.83. The van der Waals surface area contributed by atoms with Crippen LogP contribution < -0.4 is 10.6 Å². The topological polar surface area (TPSA) is 24.1 Å². The van der Waals surface area contributed by atoms with Gasteiger partial charge in [-0.1, -0.05) is 64.3 Å². The van der Waals surface area contributed by atoms with E-state index < -0.39 is 0 Å². The SMILES string of the molecule is CCCCCCc1ccc2c(c1)-c1cccc(c1C)C(C)(C)C(C)(C)N/C(C)=C(/C)N2. The third kappa shape index (κ3) is 4.68. The Bertz CT molecular complexity index is 963. The number of allylic oxidation sites excluding steroid dienone is 2. The van der Waals surface area contributed by atoms with Crippen molar-refractivity contribution in [3.05, 3.63) is 64.5 Å². The summed E-state index contributed by atoms with van der Waals surface area (Å²) in [7, 11) is 0. The number of hydrogen-bond donors (Lipinski definition) is 2. The molecule has 0 aromatic heterocycles. The number of nitrogens with one attached hydrogen (secondary N) is 2. The van der Waals surface area contributed by atoms with Gasteiger partial charge < -0.3 is 10.6 Å². The van der Waals surface area contributed by atoms with Crippen molar-refractivity contribution >= 4 is 5.69 Å². The van der Waals surface area contributed by atoms with Crippen LogP contribution in [0.3, 0.4) is 0 Å². The lowest BCUT2D eigenvalue weighted by Crippen LogP contribution is -2.53. The molecule has 2 heteroatoms. The first-order chi connectivity index (χ1) is 14.6. The van der Waals surface area contributed by atoms with Gasteiger partial charge in [-0.2, -0.15) is 0 Å². The predicted octanol–water partition coefficient (Wildman–Crippen LogP) is 8.11. The molecule has 2 nitrogen and oxygen atoms in total. The van der Waals surface area contributed by atoms with E-state index in [0.717, 1.165) is 6.42 Å². The summed E-state index contributed by atoms with van der Waals surface area (Å²) >= 11 is 0. The van der Waals surface area contributed by atoms with Gasteiger partial charge in [0.1, 0.15) is 0 Å². The predicted molar refractivity (Wildman–Crippen MR) is 137 cm³/mol. The summed E-state index contributed by atoms with van der Waals surface area (Å²) in [5.74, 6) is 0. The Kier molecular flexibility index (Phi) is 6.88. The van der Waals surface area contributed by atoms with Crippen LogP contribution in [0.2, 0.25) is 0 Å². The summed E-state index contributed by atoms with van der Waals surface area (Å²) in [5, 5.41) is 7.56. The molecule has 0 saturated heterocycles. The quantitative estimate of drug-likeness (QED) is 0.479. The third-order valence-corrected chi connectivity index (χ3v) is 7.65. The zero-order chi connectivity index (χ0) is 22.8. The first-order valence-corrected chi connectivity index (χ1v) is 12.0. The molecule has 0 fully saturated rings. The number of hydrogen-bond acceptors (Lipinski definition) is 2. The summed E-state index contributed by atoms with van der Waals surface area (Å²) < 4.78 is 0. The molecular weight excluding hydrogens is 376 g/mol. The number of fused-ring (bicyclic) bond motifs is 4. The first kappa shape index (κ1) is 23.4. The lowest BCUT2D eigenvalue weighted by molar-refractivity contribution is 0.256. The zero-order valence-corrected chi connectivity index (χ0v) is 21.0. The van der Waals surface area contributed by atoms with Crippen molar-refractivity contribution in [3.8, 4) is 11.1 Å². The molecule has 1 heterocycles. The summed E-state index contributed by atoms with van der Waals surface area (Å²) in [6.07, 6.45) is 6.35. The fourth-order valence-electron chi connectivity index (χ4n) is 4.79. The lowest BCUT2D eigenvalue weighted by Gasteiger charge is -2.45. The molecule has 0 amide bonds. The molecule has 1 aliphatic heterocycles. The van der Waals surface area contributed by atoms with Gasteiger partial charge in [0, 0.05) is 33.6 Å². The molecule has 0 atom stereocenters. The van der Waals surface area contributed by atoms with E-state index in [1.54, 1.807) is 0 Å². The largest absolute Gasteiger partial charge is 0.381 e. The fraction of sp³-hybridized carbons (Fsp3) is 0.517. The van der Waals surface area contributed by atoms with Gasteiger partial charge in [0.2, 0.25) is 0 Å². The third-order valence-electron chi connectivity index (χ3n) is 7.65. The normalized spacial score (nSPS) is 19.6. The maximum Gasteiger partial charge on any atom is 0.0462 e. The van der Waals surface area contributed by atoms with Crippen LogP contribution in [0.15, 0.2) is 47.8 Å². The van der Waals surface area contributed by atoms with Crippen LogP contribution in [-0.4, -0.2) is 5.54 Å². The Balaban J connectivity index is 2.18. The van der Waals surface area contributed by atoms with E-state index in [0.29, 0.717) is 0 Å². The van der Waals surface area contributed by atoms with Crippen LogP contribution in [-0.2, 0) is 11.8 Å². The standard InChI is InChI=1S/C29H42N2/c1-9-10-11-12-14-23-17-18-27-25(19-23)24-15-13-16-26(20(24)2)28(5,6)29(7,8)31-22(4)21(3)30-27/h13,15-19,30-31H,9-12,14H2,1-8H3/b22-21-.